The summed E-state index contributed by atoms with van der Waals surface area (Å²) in [6.45, 7) is 2.81. The van der Waals surface area contributed by atoms with E-state index in [1.54, 1.807) is 0 Å². The highest BCUT2D eigenvalue weighted by Gasteiger charge is 2.51. The molecule has 1 saturated carbocycles. The van der Waals surface area contributed by atoms with Crippen LogP contribution in [-0.2, 0) is 32.7 Å². The van der Waals surface area contributed by atoms with Crippen LogP contribution in [0.5, 0.6) is 0 Å². The van der Waals surface area contributed by atoms with E-state index in [-0.39, 0.29) is 12.8 Å². The Morgan fingerprint density at radius 2 is 1.24 bits per heavy atom. The molecule has 6 N–H and O–H groups in total. The fraction of sp³-hybridized carbons (Fsp3) is 0.750. The highest BCUT2D eigenvalue weighted by Crippen LogP contribution is 2.47. The van der Waals surface area contributed by atoms with E-state index in [9.17, 15) is 44.6 Å². The zero-order valence-corrected chi connectivity index (χ0v) is 28.0. The summed E-state index contributed by atoms with van der Waals surface area (Å²) >= 11 is 0. The maximum absolute atomic E-state index is 12.6. The average Bonchev–Trinajstić information content (AvgIpc) is 3.03. The molecule has 0 spiro atoms. The normalized spacial score (nSPS) is 25.7. The summed E-state index contributed by atoms with van der Waals surface area (Å²) in [6, 6.07) is 0. The summed E-state index contributed by atoms with van der Waals surface area (Å²) in [7, 11) is -5.09. The predicted octanol–water partition coefficient (Wildman–Crippen LogP) is 3.54. The number of unbranched alkanes of at least 4 members (excludes halogenated alkanes) is 6. The molecular weight excluding hydrogens is 623 g/mol. The lowest BCUT2D eigenvalue weighted by molar-refractivity contribution is -0.220. The first-order chi connectivity index (χ1) is 21.9. The molecule has 46 heavy (non-hydrogen) atoms. The van der Waals surface area contributed by atoms with E-state index in [2.05, 4.69) is 43.4 Å². The van der Waals surface area contributed by atoms with E-state index in [1.165, 1.54) is 0 Å². The number of carbonyl (C=O) groups excluding carboxylic acids is 2. The number of esters is 2. The molecule has 14 heteroatoms. The first kappa shape index (κ1) is 42.1. The highest BCUT2D eigenvalue weighted by atomic mass is 31.2. The van der Waals surface area contributed by atoms with E-state index in [0.717, 1.165) is 57.8 Å². The Morgan fingerprint density at radius 1 is 0.696 bits per heavy atom. The van der Waals surface area contributed by atoms with Crippen LogP contribution in [0.15, 0.2) is 36.5 Å². The Hall–Kier alpha value is -1.93. The second kappa shape index (κ2) is 24.2. The largest absolute Gasteiger partial charge is 0.472 e. The van der Waals surface area contributed by atoms with Crippen LogP contribution in [-0.4, -0.2) is 98.3 Å². The Kier molecular flexibility index (Phi) is 22.2. The van der Waals surface area contributed by atoms with Gasteiger partial charge < -0.3 is 39.9 Å². The van der Waals surface area contributed by atoms with Gasteiger partial charge in [0.15, 0.2) is 6.10 Å². The highest BCUT2D eigenvalue weighted by molar-refractivity contribution is 7.47. The van der Waals surface area contributed by atoms with Crippen molar-refractivity contribution >= 4 is 19.8 Å². The molecule has 0 aromatic carbocycles. The van der Waals surface area contributed by atoms with Crippen LogP contribution in [0.4, 0.5) is 0 Å². The van der Waals surface area contributed by atoms with Gasteiger partial charge in [-0.3, -0.25) is 18.6 Å². The van der Waals surface area contributed by atoms with Crippen molar-refractivity contribution in [2.24, 2.45) is 0 Å². The number of rotatable bonds is 24. The number of hydrogen-bond donors (Lipinski definition) is 6. The molecule has 0 bridgehead atoms. The SMILES string of the molecule is CC/C=C\C/C=C\C/C=C\CCCCCCCC(=O)OC(COC(=O)CCCC)COP(=O)(O)OC1C(O)C(O)C(O)C(O)C1O. The molecule has 1 fully saturated rings. The number of hydrogen-bond acceptors (Lipinski definition) is 12. The smallest absolute Gasteiger partial charge is 0.462 e. The predicted molar refractivity (Wildman–Crippen MR) is 170 cm³/mol. The summed E-state index contributed by atoms with van der Waals surface area (Å²) < 4.78 is 32.7. The summed E-state index contributed by atoms with van der Waals surface area (Å²) in [6.07, 6.45) is 9.56. The van der Waals surface area contributed by atoms with Gasteiger partial charge in [-0.15, -0.1) is 0 Å². The molecule has 0 heterocycles. The standard InChI is InChI=1S/C32H55O13P/c1-3-5-7-8-9-10-11-12-13-14-15-16-17-18-19-21-26(34)44-24(22-42-25(33)20-6-4-2)23-43-46(40,41)45-32-30(38)28(36)27(35)29(37)31(32)39/h5,7,9-10,12-13,24,27-32,35-39H,3-4,6,8,11,14-23H2,1-2H3,(H,40,41)/b7-5-,10-9-,13-12-. The number of aliphatic hydroxyl groups is 5. The van der Waals surface area contributed by atoms with Crippen LogP contribution in [0.2, 0.25) is 0 Å². The minimum atomic E-state index is -5.09. The van der Waals surface area contributed by atoms with Gasteiger partial charge >= 0.3 is 19.8 Å². The van der Waals surface area contributed by atoms with Crippen LogP contribution in [0.1, 0.15) is 97.3 Å². The fourth-order valence-electron chi connectivity index (χ4n) is 4.51. The van der Waals surface area contributed by atoms with Gasteiger partial charge in [-0.2, -0.15) is 0 Å². The van der Waals surface area contributed by atoms with Crippen molar-refractivity contribution in [3.05, 3.63) is 36.5 Å². The van der Waals surface area contributed by atoms with Crippen molar-refractivity contribution in [3.63, 3.8) is 0 Å². The molecule has 0 aliphatic heterocycles. The number of phosphoric ester groups is 1. The minimum absolute atomic E-state index is 0.0752. The maximum atomic E-state index is 12.6. The molecule has 1 aliphatic carbocycles. The van der Waals surface area contributed by atoms with Gasteiger partial charge in [-0.05, 0) is 44.9 Å². The molecule has 0 radical (unpaired) electrons. The lowest BCUT2D eigenvalue weighted by atomic mass is 9.85. The number of allylic oxidation sites excluding steroid dienone is 6. The summed E-state index contributed by atoms with van der Waals surface area (Å²) in [5, 5.41) is 49.5. The van der Waals surface area contributed by atoms with Gasteiger partial charge in [0.2, 0.25) is 0 Å². The van der Waals surface area contributed by atoms with E-state index < -0.39 is 75.7 Å². The topological polar surface area (TPSA) is 210 Å². The third-order valence-electron chi connectivity index (χ3n) is 7.25. The first-order valence-corrected chi connectivity index (χ1v) is 17.8. The second-order valence-electron chi connectivity index (χ2n) is 11.3. The van der Waals surface area contributed by atoms with E-state index in [4.69, 9.17) is 18.5 Å². The molecule has 0 saturated heterocycles. The lowest BCUT2D eigenvalue weighted by Crippen LogP contribution is -2.64. The molecule has 13 nitrogen and oxygen atoms in total. The summed E-state index contributed by atoms with van der Waals surface area (Å²) in [5.41, 5.74) is 0. The Morgan fingerprint density at radius 3 is 1.87 bits per heavy atom. The third kappa shape index (κ3) is 17.8. The molecule has 0 amide bonds. The molecule has 1 rings (SSSR count). The van der Waals surface area contributed by atoms with Crippen LogP contribution >= 0.6 is 7.82 Å². The van der Waals surface area contributed by atoms with Gasteiger partial charge in [0.1, 0.15) is 43.2 Å². The molecule has 1 aliphatic rings. The van der Waals surface area contributed by atoms with Gasteiger partial charge in [-0.25, -0.2) is 4.57 Å². The third-order valence-corrected chi connectivity index (χ3v) is 8.23. The number of phosphoric acid groups is 1. The molecule has 0 aromatic heterocycles. The molecule has 266 valence electrons. The molecule has 6 unspecified atom stereocenters. The van der Waals surface area contributed by atoms with Gasteiger partial charge in [0.25, 0.3) is 0 Å². The van der Waals surface area contributed by atoms with Crippen molar-refractivity contribution in [2.45, 2.75) is 140 Å². The first-order valence-electron chi connectivity index (χ1n) is 16.3. The van der Waals surface area contributed by atoms with E-state index in [1.807, 2.05) is 6.92 Å². The summed E-state index contributed by atoms with van der Waals surface area (Å²) in [5.74, 6) is -1.17. The van der Waals surface area contributed by atoms with Crippen LogP contribution in [0, 0.1) is 0 Å². The fourth-order valence-corrected chi connectivity index (χ4v) is 5.48. The van der Waals surface area contributed by atoms with Crippen LogP contribution in [0.3, 0.4) is 0 Å². The van der Waals surface area contributed by atoms with Crippen LogP contribution < -0.4 is 0 Å². The zero-order valence-electron chi connectivity index (χ0n) is 27.1. The van der Waals surface area contributed by atoms with Crippen molar-refractivity contribution in [1.29, 1.82) is 0 Å². The number of carbonyl (C=O) groups is 2. The molecular formula is C32H55O13P. The van der Waals surface area contributed by atoms with Gasteiger partial charge in [0, 0.05) is 12.8 Å². The Bertz CT molecular complexity index is 969. The lowest BCUT2D eigenvalue weighted by Gasteiger charge is -2.41. The van der Waals surface area contributed by atoms with E-state index in [0.29, 0.717) is 12.8 Å². The molecule has 6 atom stereocenters. The Labute approximate surface area is 272 Å². The number of aliphatic hydroxyl groups excluding tert-OH is 5. The van der Waals surface area contributed by atoms with Crippen molar-refractivity contribution in [3.8, 4) is 0 Å². The maximum Gasteiger partial charge on any atom is 0.472 e. The van der Waals surface area contributed by atoms with Crippen molar-refractivity contribution < 1.29 is 63.1 Å². The minimum Gasteiger partial charge on any atom is -0.462 e. The van der Waals surface area contributed by atoms with Gasteiger partial charge in [0.05, 0.1) is 6.61 Å². The Balaban J connectivity index is 2.49. The second-order valence-corrected chi connectivity index (χ2v) is 12.7. The summed E-state index contributed by atoms with van der Waals surface area (Å²) in [4.78, 5) is 34.6. The zero-order chi connectivity index (χ0) is 34.4. The quantitative estimate of drug-likeness (QED) is 0.0374. The van der Waals surface area contributed by atoms with E-state index >= 15 is 0 Å². The van der Waals surface area contributed by atoms with Gasteiger partial charge in [-0.1, -0.05) is 76.0 Å². The average molecular weight is 679 g/mol. The molecule has 0 aromatic rings. The van der Waals surface area contributed by atoms with Crippen LogP contribution in [0.25, 0.3) is 0 Å². The van der Waals surface area contributed by atoms with Crippen molar-refractivity contribution in [1.82, 2.24) is 0 Å². The number of ether oxygens (including phenoxy) is 2. The monoisotopic (exact) mass is 678 g/mol. The van der Waals surface area contributed by atoms with Crippen molar-refractivity contribution in [2.75, 3.05) is 13.2 Å².